The standard InChI is InChI=1S/C15H9FN2S2/c16-10-1-2-13-11(5-10)12(6-17-13)15-18-14(8-20-15)9-3-4-19-7-9/h1-8,17H. The van der Waals surface area contributed by atoms with Crippen molar-refractivity contribution in [3.05, 3.63) is 52.4 Å². The van der Waals surface area contributed by atoms with Gasteiger partial charge in [-0.2, -0.15) is 11.3 Å². The second kappa shape index (κ2) is 4.54. The third-order valence-electron chi connectivity index (χ3n) is 3.20. The maximum atomic E-state index is 13.4. The van der Waals surface area contributed by atoms with Crippen molar-refractivity contribution in [2.75, 3.05) is 0 Å². The second-order valence-electron chi connectivity index (χ2n) is 4.44. The molecule has 0 aliphatic carbocycles. The van der Waals surface area contributed by atoms with Crippen LogP contribution in [0.3, 0.4) is 0 Å². The maximum absolute atomic E-state index is 13.4. The zero-order valence-electron chi connectivity index (χ0n) is 10.3. The largest absolute Gasteiger partial charge is 0.360 e. The summed E-state index contributed by atoms with van der Waals surface area (Å²) in [6.45, 7) is 0. The van der Waals surface area contributed by atoms with E-state index in [1.54, 1.807) is 34.8 Å². The molecular formula is C15H9FN2S2. The molecule has 0 aliphatic heterocycles. The Labute approximate surface area is 122 Å². The van der Waals surface area contributed by atoms with Crippen molar-refractivity contribution >= 4 is 33.6 Å². The van der Waals surface area contributed by atoms with Crippen molar-refractivity contribution in [3.8, 4) is 21.8 Å². The van der Waals surface area contributed by atoms with Gasteiger partial charge in [-0.1, -0.05) is 0 Å². The Morgan fingerprint density at radius 3 is 2.95 bits per heavy atom. The Morgan fingerprint density at radius 2 is 2.10 bits per heavy atom. The minimum absolute atomic E-state index is 0.229. The van der Waals surface area contributed by atoms with Gasteiger partial charge in [-0.15, -0.1) is 11.3 Å². The maximum Gasteiger partial charge on any atom is 0.126 e. The molecular weight excluding hydrogens is 291 g/mol. The summed E-state index contributed by atoms with van der Waals surface area (Å²) in [7, 11) is 0. The van der Waals surface area contributed by atoms with Crippen LogP contribution in [-0.2, 0) is 0 Å². The predicted molar refractivity (Wildman–Crippen MR) is 82.7 cm³/mol. The molecule has 4 rings (SSSR count). The Hall–Kier alpha value is -1.98. The first-order chi connectivity index (χ1) is 9.81. The molecule has 1 N–H and O–H groups in total. The first-order valence-electron chi connectivity index (χ1n) is 6.06. The van der Waals surface area contributed by atoms with E-state index < -0.39 is 0 Å². The van der Waals surface area contributed by atoms with E-state index in [1.165, 1.54) is 6.07 Å². The number of H-pyrrole nitrogens is 1. The average molecular weight is 300 g/mol. The molecule has 5 heteroatoms. The number of aromatic amines is 1. The third-order valence-corrected chi connectivity index (χ3v) is 4.75. The van der Waals surface area contributed by atoms with Crippen LogP contribution >= 0.6 is 22.7 Å². The Bertz CT molecular complexity index is 874. The molecule has 3 heterocycles. The molecule has 2 nitrogen and oxygen atoms in total. The van der Waals surface area contributed by atoms with Gasteiger partial charge in [-0.3, -0.25) is 0 Å². The van der Waals surface area contributed by atoms with Gasteiger partial charge in [-0.05, 0) is 29.6 Å². The summed E-state index contributed by atoms with van der Waals surface area (Å²) >= 11 is 3.23. The van der Waals surface area contributed by atoms with E-state index in [0.29, 0.717) is 0 Å². The van der Waals surface area contributed by atoms with E-state index in [4.69, 9.17) is 0 Å². The smallest absolute Gasteiger partial charge is 0.126 e. The summed E-state index contributed by atoms with van der Waals surface area (Å²) in [5.41, 5.74) is 3.97. The number of nitrogens with zero attached hydrogens (tertiary/aromatic N) is 1. The number of nitrogens with one attached hydrogen (secondary N) is 1. The first kappa shape index (κ1) is 11.8. The minimum Gasteiger partial charge on any atom is -0.360 e. The summed E-state index contributed by atoms with van der Waals surface area (Å²) in [6.07, 6.45) is 1.89. The molecule has 0 saturated heterocycles. The number of halogens is 1. The van der Waals surface area contributed by atoms with Crippen LogP contribution in [0.1, 0.15) is 0 Å². The quantitative estimate of drug-likeness (QED) is 0.544. The summed E-state index contributed by atoms with van der Waals surface area (Å²) in [4.78, 5) is 7.82. The molecule has 0 atom stereocenters. The fraction of sp³-hybridized carbons (Fsp3) is 0. The number of rotatable bonds is 2. The van der Waals surface area contributed by atoms with Crippen LogP contribution in [0.15, 0.2) is 46.6 Å². The van der Waals surface area contributed by atoms with Gasteiger partial charge in [0.25, 0.3) is 0 Å². The van der Waals surface area contributed by atoms with E-state index in [-0.39, 0.29) is 5.82 Å². The lowest BCUT2D eigenvalue weighted by Crippen LogP contribution is -1.77. The first-order valence-corrected chi connectivity index (χ1v) is 7.88. The molecule has 0 aliphatic rings. The monoisotopic (exact) mass is 300 g/mol. The SMILES string of the molecule is Fc1ccc2[nH]cc(-c3nc(-c4ccsc4)cs3)c2c1. The zero-order valence-corrected chi connectivity index (χ0v) is 11.9. The lowest BCUT2D eigenvalue weighted by atomic mass is 10.2. The van der Waals surface area contributed by atoms with Crippen LogP contribution < -0.4 is 0 Å². The molecule has 0 unspecified atom stereocenters. The Morgan fingerprint density at radius 1 is 1.15 bits per heavy atom. The lowest BCUT2D eigenvalue weighted by molar-refractivity contribution is 0.630. The van der Waals surface area contributed by atoms with E-state index in [9.17, 15) is 4.39 Å². The van der Waals surface area contributed by atoms with Crippen LogP contribution in [0.4, 0.5) is 4.39 Å². The molecule has 4 aromatic rings. The van der Waals surface area contributed by atoms with Crippen LogP contribution in [-0.4, -0.2) is 9.97 Å². The highest BCUT2D eigenvalue weighted by molar-refractivity contribution is 7.13. The molecule has 0 amide bonds. The van der Waals surface area contributed by atoms with Crippen molar-refractivity contribution in [1.82, 2.24) is 9.97 Å². The van der Waals surface area contributed by atoms with Crippen LogP contribution in [0, 0.1) is 5.82 Å². The topological polar surface area (TPSA) is 28.7 Å². The van der Waals surface area contributed by atoms with E-state index in [1.807, 2.05) is 17.0 Å². The lowest BCUT2D eigenvalue weighted by Gasteiger charge is -1.94. The molecule has 0 radical (unpaired) electrons. The van der Waals surface area contributed by atoms with Gasteiger partial charge in [0.05, 0.1) is 5.69 Å². The van der Waals surface area contributed by atoms with Crippen LogP contribution in [0.25, 0.3) is 32.7 Å². The highest BCUT2D eigenvalue weighted by atomic mass is 32.1. The summed E-state index contributed by atoms with van der Waals surface area (Å²) in [6, 6.07) is 6.81. The Kier molecular flexibility index (Phi) is 2.68. The molecule has 20 heavy (non-hydrogen) atoms. The van der Waals surface area contributed by atoms with Crippen LogP contribution in [0.5, 0.6) is 0 Å². The number of hydrogen-bond acceptors (Lipinski definition) is 3. The van der Waals surface area contributed by atoms with E-state index in [0.717, 1.165) is 32.7 Å². The summed E-state index contributed by atoms with van der Waals surface area (Å²) in [5.74, 6) is -0.229. The molecule has 1 aromatic carbocycles. The van der Waals surface area contributed by atoms with Crippen molar-refractivity contribution in [2.24, 2.45) is 0 Å². The van der Waals surface area contributed by atoms with E-state index >= 15 is 0 Å². The minimum atomic E-state index is -0.229. The molecule has 3 aromatic heterocycles. The van der Waals surface area contributed by atoms with Crippen molar-refractivity contribution in [3.63, 3.8) is 0 Å². The normalized spacial score (nSPS) is 11.2. The third kappa shape index (κ3) is 1.87. The number of thiazole rings is 1. The molecule has 0 saturated carbocycles. The predicted octanol–water partition coefficient (Wildman–Crippen LogP) is 5.16. The molecule has 0 bridgehead atoms. The van der Waals surface area contributed by atoms with Gasteiger partial charge in [0.2, 0.25) is 0 Å². The number of aromatic nitrogens is 2. The summed E-state index contributed by atoms with van der Waals surface area (Å²) < 4.78 is 13.4. The van der Waals surface area contributed by atoms with Crippen LogP contribution in [0.2, 0.25) is 0 Å². The fourth-order valence-corrected chi connectivity index (χ4v) is 3.72. The van der Waals surface area contributed by atoms with Crippen molar-refractivity contribution in [2.45, 2.75) is 0 Å². The van der Waals surface area contributed by atoms with Crippen molar-refractivity contribution < 1.29 is 4.39 Å². The van der Waals surface area contributed by atoms with Crippen molar-refractivity contribution in [1.29, 1.82) is 0 Å². The number of fused-ring (bicyclic) bond motifs is 1. The van der Waals surface area contributed by atoms with Gasteiger partial charge in [0.1, 0.15) is 10.8 Å². The fourth-order valence-electron chi connectivity index (χ4n) is 2.21. The van der Waals surface area contributed by atoms with Gasteiger partial charge in [-0.25, -0.2) is 9.37 Å². The number of hydrogen-bond donors (Lipinski definition) is 1. The number of benzene rings is 1. The molecule has 0 fully saturated rings. The zero-order chi connectivity index (χ0) is 13.5. The highest BCUT2D eigenvalue weighted by Gasteiger charge is 2.12. The molecule has 98 valence electrons. The Balaban J connectivity index is 1.85. The highest BCUT2D eigenvalue weighted by Crippen LogP contribution is 2.34. The summed E-state index contributed by atoms with van der Waals surface area (Å²) in [5, 5.41) is 7.93. The van der Waals surface area contributed by atoms with Gasteiger partial charge < -0.3 is 4.98 Å². The van der Waals surface area contributed by atoms with Gasteiger partial charge in [0, 0.05) is 39.0 Å². The number of thiophene rings is 1. The second-order valence-corrected chi connectivity index (χ2v) is 6.08. The van der Waals surface area contributed by atoms with Gasteiger partial charge >= 0.3 is 0 Å². The van der Waals surface area contributed by atoms with Gasteiger partial charge in [0.15, 0.2) is 0 Å². The average Bonchev–Trinajstić information content (AvgIpc) is 3.17. The van der Waals surface area contributed by atoms with E-state index in [2.05, 4.69) is 21.4 Å². The molecule has 0 spiro atoms.